The third-order valence-electron chi connectivity index (χ3n) is 4.15. The summed E-state index contributed by atoms with van der Waals surface area (Å²) in [5.41, 5.74) is 3.80. The molecule has 2 heterocycles. The molecule has 6 heteroatoms. The first kappa shape index (κ1) is 16.7. The Hall–Kier alpha value is -2.18. The normalized spacial score (nSPS) is 11.7. The van der Waals surface area contributed by atoms with E-state index in [4.69, 9.17) is 4.98 Å². The van der Waals surface area contributed by atoms with Crippen LogP contribution in [0.15, 0.2) is 24.3 Å². The Morgan fingerprint density at radius 3 is 2.79 bits per heavy atom. The van der Waals surface area contributed by atoms with Gasteiger partial charge in [0.1, 0.15) is 0 Å². The Bertz CT molecular complexity index is 840. The van der Waals surface area contributed by atoms with Crippen LogP contribution >= 0.6 is 0 Å². The number of pyridine rings is 1. The Morgan fingerprint density at radius 1 is 1.25 bits per heavy atom. The molecule has 0 aliphatic rings. The summed E-state index contributed by atoms with van der Waals surface area (Å²) in [6, 6.07) is 8.15. The van der Waals surface area contributed by atoms with Crippen LogP contribution in [0.25, 0.3) is 21.9 Å². The highest BCUT2D eigenvalue weighted by molar-refractivity contribution is 6.07. The molecule has 0 saturated carbocycles. The van der Waals surface area contributed by atoms with Gasteiger partial charge in [0.15, 0.2) is 5.65 Å². The fourth-order valence-corrected chi connectivity index (χ4v) is 3.05. The second-order valence-electron chi connectivity index (χ2n) is 6.32. The monoisotopic (exact) mass is 327 g/mol. The fourth-order valence-electron chi connectivity index (χ4n) is 3.05. The van der Waals surface area contributed by atoms with Gasteiger partial charge in [-0.1, -0.05) is 18.2 Å². The molecule has 128 valence electrons. The number of nitrogens with zero attached hydrogens (tertiary/aromatic N) is 4. The molecule has 3 rings (SSSR count). The summed E-state index contributed by atoms with van der Waals surface area (Å²) in [6.07, 6.45) is 1.06. The van der Waals surface area contributed by atoms with Crippen molar-refractivity contribution >= 4 is 27.6 Å². The average Bonchev–Trinajstić information content (AvgIpc) is 2.87. The number of anilines is 1. The van der Waals surface area contributed by atoms with Crippen molar-refractivity contribution in [2.45, 2.75) is 19.9 Å². The second kappa shape index (κ2) is 7.15. The van der Waals surface area contributed by atoms with E-state index in [1.165, 1.54) is 0 Å². The summed E-state index contributed by atoms with van der Waals surface area (Å²) in [6.45, 7) is 4.44. The van der Waals surface area contributed by atoms with Crippen molar-refractivity contribution < 1.29 is 5.11 Å². The van der Waals surface area contributed by atoms with E-state index in [1.807, 2.05) is 25.1 Å². The van der Waals surface area contributed by atoms with E-state index in [1.54, 1.807) is 4.68 Å². The average molecular weight is 327 g/mol. The number of benzene rings is 1. The molecule has 0 aliphatic heterocycles. The molecule has 1 aromatic carbocycles. The Morgan fingerprint density at radius 2 is 2.04 bits per heavy atom. The van der Waals surface area contributed by atoms with Gasteiger partial charge in [-0.2, -0.15) is 5.10 Å². The number of aliphatic hydroxyl groups excluding tert-OH is 1. The zero-order valence-corrected chi connectivity index (χ0v) is 14.6. The zero-order valence-electron chi connectivity index (χ0n) is 14.6. The van der Waals surface area contributed by atoms with Gasteiger partial charge in [-0.05, 0) is 40.1 Å². The predicted molar refractivity (Wildman–Crippen MR) is 98.5 cm³/mol. The van der Waals surface area contributed by atoms with Crippen LogP contribution in [-0.2, 0) is 6.54 Å². The minimum absolute atomic E-state index is 0.0519. The lowest BCUT2D eigenvalue weighted by Crippen LogP contribution is -2.16. The second-order valence-corrected chi connectivity index (χ2v) is 6.32. The number of rotatable bonds is 7. The van der Waals surface area contributed by atoms with Crippen LogP contribution in [0.4, 0.5) is 5.69 Å². The number of aliphatic hydroxyl groups is 1. The van der Waals surface area contributed by atoms with Gasteiger partial charge in [0.05, 0.1) is 35.4 Å². The molecule has 0 fully saturated rings. The molecule has 0 radical (unpaired) electrons. The van der Waals surface area contributed by atoms with Gasteiger partial charge in [0, 0.05) is 11.9 Å². The van der Waals surface area contributed by atoms with Crippen LogP contribution in [0.2, 0.25) is 0 Å². The molecular weight excluding hydrogens is 302 g/mol. The molecule has 0 saturated heterocycles. The highest BCUT2D eigenvalue weighted by Crippen LogP contribution is 2.32. The van der Waals surface area contributed by atoms with Crippen LogP contribution in [0, 0.1) is 6.92 Å². The summed E-state index contributed by atoms with van der Waals surface area (Å²) in [4.78, 5) is 6.96. The highest BCUT2D eigenvalue weighted by Gasteiger charge is 2.16. The highest BCUT2D eigenvalue weighted by atomic mass is 16.3. The van der Waals surface area contributed by atoms with Crippen molar-refractivity contribution in [2.75, 3.05) is 39.1 Å². The van der Waals surface area contributed by atoms with E-state index in [0.717, 1.165) is 52.8 Å². The Balaban J connectivity index is 2.07. The summed E-state index contributed by atoms with van der Waals surface area (Å²) in [5.74, 6) is 0. The number of para-hydroxylation sites is 1. The molecule has 24 heavy (non-hydrogen) atoms. The molecule has 3 aromatic rings. The molecule has 0 amide bonds. The summed E-state index contributed by atoms with van der Waals surface area (Å²) in [7, 11) is 4.17. The number of hydrogen-bond donors (Lipinski definition) is 2. The maximum atomic E-state index is 9.29. The lowest BCUT2D eigenvalue weighted by Gasteiger charge is -2.14. The molecule has 6 nitrogen and oxygen atoms in total. The quantitative estimate of drug-likeness (QED) is 0.652. The van der Waals surface area contributed by atoms with E-state index < -0.39 is 0 Å². The van der Waals surface area contributed by atoms with Gasteiger partial charge in [0.2, 0.25) is 0 Å². The maximum Gasteiger partial charge on any atom is 0.160 e. The molecule has 0 aliphatic carbocycles. The predicted octanol–water partition coefficient (Wildman–Crippen LogP) is 2.25. The van der Waals surface area contributed by atoms with Crippen LogP contribution in [0.1, 0.15) is 12.1 Å². The maximum absolute atomic E-state index is 9.29. The first-order chi connectivity index (χ1) is 11.6. The SMILES string of the molecule is Cc1nn(CCO)c2nc3ccccc3c(NCCCN(C)C)c12. The summed E-state index contributed by atoms with van der Waals surface area (Å²) >= 11 is 0. The molecular formula is C18H25N5O. The molecule has 2 aromatic heterocycles. The van der Waals surface area contributed by atoms with Crippen molar-refractivity contribution in [3.63, 3.8) is 0 Å². The van der Waals surface area contributed by atoms with E-state index in [2.05, 4.69) is 35.5 Å². The molecule has 0 spiro atoms. The van der Waals surface area contributed by atoms with Crippen molar-refractivity contribution in [1.82, 2.24) is 19.7 Å². The number of fused-ring (bicyclic) bond motifs is 2. The minimum atomic E-state index is 0.0519. The van der Waals surface area contributed by atoms with Crippen molar-refractivity contribution in [3.8, 4) is 0 Å². The van der Waals surface area contributed by atoms with Gasteiger partial charge < -0.3 is 15.3 Å². The zero-order chi connectivity index (χ0) is 17.1. The third kappa shape index (κ3) is 3.20. The smallest absolute Gasteiger partial charge is 0.160 e. The van der Waals surface area contributed by atoms with Crippen molar-refractivity contribution in [2.24, 2.45) is 0 Å². The van der Waals surface area contributed by atoms with Gasteiger partial charge >= 0.3 is 0 Å². The van der Waals surface area contributed by atoms with Crippen LogP contribution < -0.4 is 5.32 Å². The van der Waals surface area contributed by atoms with Gasteiger partial charge in [-0.3, -0.25) is 0 Å². The van der Waals surface area contributed by atoms with E-state index >= 15 is 0 Å². The Labute approximate surface area is 142 Å². The molecule has 0 unspecified atom stereocenters. The van der Waals surface area contributed by atoms with E-state index in [0.29, 0.717) is 6.54 Å². The molecule has 0 bridgehead atoms. The van der Waals surface area contributed by atoms with Gasteiger partial charge in [-0.25, -0.2) is 9.67 Å². The fraction of sp³-hybridized carbons (Fsp3) is 0.444. The summed E-state index contributed by atoms with van der Waals surface area (Å²) < 4.78 is 1.79. The number of nitrogens with one attached hydrogen (secondary N) is 1. The van der Waals surface area contributed by atoms with Crippen molar-refractivity contribution in [3.05, 3.63) is 30.0 Å². The first-order valence-corrected chi connectivity index (χ1v) is 8.37. The van der Waals surface area contributed by atoms with Gasteiger partial charge in [-0.15, -0.1) is 0 Å². The van der Waals surface area contributed by atoms with Crippen LogP contribution in [0.5, 0.6) is 0 Å². The third-order valence-corrected chi connectivity index (χ3v) is 4.15. The lowest BCUT2D eigenvalue weighted by atomic mass is 10.1. The van der Waals surface area contributed by atoms with E-state index in [-0.39, 0.29) is 6.61 Å². The standard InChI is InChI=1S/C18H25N5O/c1-13-16-17(19-9-6-10-22(2)3)14-7-4-5-8-15(14)20-18(16)23(21-13)11-12-24/h4-5,7-8,24H,6,9-12H2,1-3H3,(H,19,20). The molecule has 2 N–H and O–H groups in total. The van der Waals surface area contributed by atoms with Crippen LogP contribution in [-0.4, -0.2) is 58.6 Å². The largest absolute Gasteiger partial charge is 0.394 e. The lowest BCUT2D eigenvalue weighted by molar-refractivity contribution is 0.271. The van der Waals surface area contributed by atoms with Crippen molar-refractivity contribution in [1.29, 1.82) is 0 Å². The minimum Gasteiger partial charge on any atom is -0.394 e. The van der Waals surface area contributed by atoms with Gasteiger partial charge in [0.25, 0.3) is 0 Å². The Kier molecular flexibility index (Phi) is 4.97. The van der Waals surface area contributed by atoms with E-state index in [9.17, 15) is 5.11 Å². The van der Waals surface area contributed by atoms with Crippen LogP contribution in [0.3, 0.4) is 0 Å². The topological polar surface area (TPSA) is 66.2 Å². The first-order valence-electron chi connectivity index (χ1n) is 8.37. The summed E-state index contributed by atoms with van der Waals surface area (Å²) in [5, 5.41) is 19.6. The number of aromatic nitrogens is 3. The number of aryl methyl sites for hydroxylation is 1. The number of hydrogen-bond acceptors (Lipinski definition) is 5. The molecule has 0 atom stereocenters.